The summed E-state index contributed by atoms with van der Waals surface area (Å²) < 4.78 is 28.7. The fourth-order valence-corrected chi connectivity index (χ4v) is 4.18. The summed E-state index contributed by atoms with van der Waals surface area (Å²) in [7, 11) is 0. The van der Waals surface area contributed by atoms with Gasteiger partial charge >= 0.3 is 0 Å². The van der Waals surface area contributed by atoms with Gasteiger partial charge in [0.05, 0.1) is 5.69 Å². The van der Waals surface area contributed by atoms with E-state index < -0.39 is 11.6 Å². The molecule has 0 aliphatic carbocycles. The molecule has 1 aliphatic heterocycles. The van der Waals surface area contributed by atoms with Crippen molar-refractivity contribution in [1.82, 2.24) is 5.32 Å². The van der Waals surface area contributed by atoms with Gasteiger partial charge < -0.3 is 16.0 Å². The minimum Gasteiger partial charge on any atom is -0.382 e. The van der Waals surface area contributed by atoms with Gasteiger partial charge in [-0.2, -0.15) is 0 Å². The molecule has 0 bridgehead atoms. The largest absolute Gasteiger partial charge is 0.382 e. The van der Waals surface area contributed by atoms with E-state index in [2.05, 4.69) is 48.5 Å². The third kappa shape index (κ3) is 4.81. The summed E-state index contributed by atoms with van der Waals surface area (Å²) in [4.78, 5) is 4.96. The second-order valence-corrected chi connectivity index (χ2v) is 8.69. The first-order valence-corrected chi connectivity index (χ1v) is 11.6. The minimum absolute atomic E-state index is 0.227. The summed E-state index contributed by atoms with van der Waals surface area (Å²) in [5.74, 6) is -0.384. The Morgan fingerprint density at radius 2 is 1.82 bits per heavy atom. The average Bonchev–Trinajstić information content (AvgIpc) is 2.83. The fraction of sp³-hybridized carbons (Fsp3) is 0.250. The molecular formula is C28H30F2N4. The normalized spacial score (nSPS) is 14.8. The summed E-state index contributed by atoms with van der Waals surface area (Å²) in [6, 6.07) is 18.2. The summed E-state index contributed by atoms with van der Waals surface area (Å²) in [6.07, 6.45) is 0.490. The first-order chi connectivity index (χ1) is 16.4. The Labute approximate surface area is 199 Å². The lowest BCUT2D eigenvalue weighted by molar-refractivity contribution is 0.584. The third-order valence-electron chi connectivity index (χ3n) is 5.85. The summed E-state index contributed by atoms with van der Waals surface area (Å²) in [5.41, 5.74) is 5.00. The van der Waals surface area contributed by atoms with Crippen molar-refractivity contribution in [2.45, 2.75) is 39.3 Å². The Morgan fingerprint density at radius 1 is 1.09 bits per heavy atom. The number of nitrogens with one attached hydrogen (secondary N) is 3. The number of fused-ring (bicyclic) bond motifs is 1. The zero-order valence-corrected chi connectivity index (χ0v) is 19.8. The van der Waals surface area contributed by atoms with E-state index in [0.717, 1.165) is 29.3 Å². The Balaban J connectivity index is 1.74. The number of hydrogen-bond acceptors (Lipinski definition) is 4. The molecule has 3 aromatic rings. The van der Waals surface area contributed by atoms with Crippen LogP contribution in [0.2, 0.25) is 0 Å². The maximum Gasteiger partial charge on any atom is 0.149 e. The van der Waals surface area contributed by atoms with Gasteiger partial charge in [0, 0.05) is 35.1 Å². The van der Waals surface area contributed by atoms with Crippen LogP contribution < -0.4 is 16.0 Å². The van der Waals surface area contributed by atoms with Crippen molar-refractivity contribution in [1.29, 1.82) is 0 Å². The number of nitrogens with zero attached hydrogens (tertiary/aromatic N) is 1. The van der Waals surface area contributed by atoms with Gasteiger partial charge in [-0.05, 0) is 41.7 Å². The number of aliphatic imine (C=N–C) groups is 1. The highest BCUT2D eigenvalue weighted by Gasteiger charge is 2.25. The second kappa shape index (κ2) is 10.1. The molecule has 0 saturated carbocycles. The van der Waals surface area contributed by atoms with E-state index in [1.165, 1.54) is 11.6 Å². The first kappa shape index (κ1) is 23.5. The van der Waals surface area contributed by atoms with E-state index in [4.69, 9.17) is 4.99 Å². The summed E-state index contributed by atoms with van der Waals surface area (Å²) >= 11 is 0. The number of benzene rings is 3. The van der Waals surface area contributed by atoms with Gasteiger partial charge in [0.1, 0.15) is 23.6 Å². The Kier molecular flexibility index (Phi) is 6.96. The third-order valence-corrected chi connectivity index (χ3v) is 5.85. The number of para-hydroxylation sites is 1. The van der Waals surface area contributed by atoms with Crippen LogP contribution in [0.15, 0.2) is 72.2 Å². The molecule has 3 aromatic carbocycles. The average molecular weight is 461 g/mol. The van der Waals surface area contributed by atoms with Crippen LogP contribution in [0.5, 0.6) is 0 Å². The molecule has 1 unspecified atom stereocenters. The van der Waals surface area contributed by atoms with Crippen LogP contribution in [0.4, 0.5) is 20.2 Å². The van der Waals surface area contributed by atoms with Crippen LogP contribution in [0.3, 0.4) is 0 Å². The Morgan fingerprint density at radius 3 is 2.59 bits per heavy atom. The molecule has 0 fully saturated rings. The molecule has 6 heteroatoms. The zero-order valence-electron chi connectivity index (χ0n) is 19.8. The highest BCUT2D eigenvalue weighted by Crippen LogP contribution is 2.34. The highest BCUT2D eigenvalue weighted by atomic mass is 19.1. The van der Waals surface area contributed by atoms with Crippen LogP contribution in [0.1, 0.15) is 61.5 Å². The molecule has 0 amide bonds. The number of hydrogen-bond donors (Lipinski definition) is 3. The molecule has 34 heavy (non-hydrogen) atoms. The van der Waals surface area contributed by atoms with Crippen LogP contribution in [-0.2, 0) is 0 Å². The van der Waals surface area contributed by atoms with Crippen molar-refractivity contribution in [2.24, 2.45) is 4.99 Å². The maximum atomic E-state index is 14.6. The lowest BCUT2D eigenvalue weighted by Crippen LogP contribution is -2.30. The van der Waals surface area contributed by atoms with Gasteiger partial charge in [0.2, 0.25) is 0 Å². The lowest BCUT2D eigenvalue weighted by Gasteiger charge is -2.29. The molecule has 1 aliphatic rings. The molecule has 0 saturated heterocycles. The molecule has 0 spiro atoms. The molecule has 1 heterocycles. The second-order valence-electron chi connectivity index (χ2n) is 8.69. The van der Waals surface area contributed by atoms with E-state index in [9.17, 15) is 8.78 Å². The summed E-state index contributed by atoms with van der Waals surface area (Å²) in [5, 5.41) is 9.83. The van der Waals surface area contributed by atoms with E-state index in [-0.39, 0.29) is 11.9 Å². The van der Waals surface area contributed by atoms with Crippen molar-refractivity contribution >= 4 is 22.9 Å². The van der Waals surface area contributed by atoms with Crippen LogP contribution in [0.25, 0.3) is 5.70 Å². The van der Waals surface area contributed by atoms with Crippen molar-refractivity contribution in [3.8, 4) is 0 Å². The van der Waals surface area contributed by atoms with Crippen molar-refractivity contribution in [3.05, 3.63) is 101 Å². The minimum atomic E-state index is -0.658. The number of amidine groups is 1. The molecule has 176 valence electrons. The Bertz CT molecular complexity index is 1230. The van der Waals surface area contributed by atoms with E-state index in [1.807, 2.05) is 43.3 Å². The molecule has 0 aromatic heterocycles. The van der Waals surface area contributed by atoms with Crippen LogP contribution >= 0.6 is 0 Å². The molecule has 4 rings (SSSR count). The first-order valence-electron chi connectivity index (χ1n) is 11.6. The fourth-order valence-electron chi connectivity index (χ4n) is 4.18. The maximum absolute atomic E-state index is 14.6. The monoisotopic (exact) mass is 460 g/mol. The SMILES string of the molecule is C=C(NC1=NC(c2ccccc2C(C)C)Nc2ccccc21)c1cc(F)cc(F)c1NCCC. The lowest BCUT2D eigenvalue weighted by atomic mass is 9.94. The van der Waals surface area contributed by atoms with E-state index in [0.29, 0.717) is 29.6 Å². The number of rotatable bonds is 7. The number of halogens is 2. The zero-order chi connectivity index (χ0) is 24.2. The highest BCUT2D eigenvalue weighted by molar-refractivity contribution is 6.08. The quantitative estimate of drug-likeness (QED) is 0.354. The van der Waals surface area contributed by atoms with Gasteiger partial charge in [-0.15, -0.1) is 0 Å². The number of anilines is 2. The van der Waals surface area contributed by atoms with Crippen molar-refractivity contribution in [2.75, 3.05) is 17.2 Å². The van der Waals surface area contributed by atoms with Gasteiger partial charge in [0.25, 0.3) is 0 Å². The standard InChI is InChI=1S/C28H30F2N4/c1-5-14-31-26-23(15-19(29)16-24(26)30)18(4)32-28-22-12-8-9-13-25(22)33-27(34-28)21-11-7-6-10-20(21)17(2)3/h6-13,15-17,27,31,33H,4-5,14H2,1-3H3,(H,32,34). The van der Waals surface area contributed by atoms with Gasteiger partial charge in [0.15, 0.2) is 0 Å². The molecular weight excluding hydrogens is 430 g/mol. The van der Waals surface area contributed by atoms with E-state index in [1.54, 1.807) is 0 Å². The van der Waals surface area contributed by atoms with Crippen LogP contribution in [0, 0.1) is 11.6 Å². The molecule has 4 nitrogen and oxygen atoms in total. The molecule has 3 N–H and O–H groups in total. The molecule has 1 atom stereocenters. The smallest absolute Gasteiger partial charge is 0.149 e. The van der Waals surface area contributed by atoms with Crippen molar-refractivity contribution in [3.63, 3.8) is 0 Å². The van der Waals surface area contributed by atoms with Gasteiger partial charge in [-0.25, -0.2) is 13.8 Å². The van der Waals surface area contributed by atoms with Crippen LogP contribution in [-0.4, -0.2) is 12.4 Å². The molecule has 0 radical (unpaired) electrons. The predicted octanol–water partition coefficient (Wildman–Crippen LogP) is 7.04. The summed E-state index contributed by atoms with van der Waals surface area (Å²) in [6.45, 7) is 11.0. The Hall–Kier alpha value is -3.67. The predicted molar refractivity (Wildman–Crippen MR) is 137 cm³/mol. The van der Waals surface area contributed by atoms with Crippen molar-refractivity contribution < 1.29 is 8.78 Å². The van der Waals surface area contributed by atoms with Gasteiger partial charge in [-0.3, -0.25) is 0 Å². The van der Waals surface area contributed by atoms with Gasteiger partial charge in [-0.1, -0.05) is 63.7 Å². The van der Waals surface area contributed by atoms with E-state index >= 15 is 0 Å². The topological polar surface area (TPSA) is 48.5 Å².